The molecule has 1 fully saturated rings. The molecule has 116 valence electrons. The fourth-order valence-electron chi connectivity index (χ4n) is 2.11. The summed E-state index contributed by atoms with van der Waals surface area (Å²) in [7, 11) is -2.18. The monoisotopic (exact) mass is 305 g/mol. The minimum atomic E-state index is -3.67. The summed E-state index contributed by atoms with van der Waals surface area (Å²) in [6.07, 6.45) is -0.555. The molecular weight excluding hydrogens is 282 g/mol. The van der Waals surface area contributed by atoms with Crippen LogP contribution in [-0.2, 0) is 14.9 Å². The quantitative estimate of drug-likeness (QED) is 0.703. The predicted octanol–water partition coefficient (Wildman–Crippen LogP) is -0.204. The van der Waals surface area contributed by atoms with Crippen molar-refractivity contribution >= 4 is 10.2 Å². The van der Waals surface area contributed by atoms with Crippen LogP contribution >= 0.6 is 0 Å². The van der Waals surface area contributed by atoms with Crippen LogP contribution in [0, 0.1) is 16.7 Å². The van der Waals surface area contributed by atoms with Crippen molar-refractivity contribution in [1.82, 2.24) is 8.61 Å². The van der Waals surface area contributed by atoms with Crippen molar-refractivity contribution in [3.05, 3.63) is 0 Å². The summed E-state index contributed by atoms with van der Waals surface area (Å²) in [4.78, 5) is 0. The summed E-state index contributed by atoms with van der Waals surface area (Å²) in [5.41, 5.74) is -0.463. The molecule has 0 bridgehead atoms. The molecule has 20 heavy (non-hydrogen) atoms. The third-order valence-electron chi connectivity index (χ3n) is 3.53. The molecule has 0 spiro atoms. The topological polar surface area (TPSA) is 93.9 Å². The van der Waals surface area contributed by atoms with Gasteiger partial charge in [-0.1, -0.05) is 13.8 Å². The van der Waals surface area contributed by atoms with Crippen LogP contribution in [0.4, 0.5) is 0 Å². The van der Waals surface area contributed by atoms with Crippen molar-refractivity contribution in [3.8, 4) is 6.07 Å². The average molecular weight is 305 g/mol. The van der Waals surface area contributed by atoms with E-state index >= 15 is 0 Å². The lowest BCUT2D eigenvalue weighted by Gasteiger charge is -2.27. The highest BCUT2D eigenvalue weighted by atomic mass is 32.2. The van der Waals surface area contributed by atoms with E-state index in [1.807, 2.05) is 19.9 Å². The number of β-amino-alcohol motifs (C(OH)–C–C–N with tert-alkyl or cyclic N) is 1. The fourth-order valence-corrected chi connectivity index (χ4v) is 3.89. The van der Waals surface area contributed by atoms with E-state index in [2.05, 4.69) is 0 Å². The van der Waals surface area contributed by atoms with Crippen molar-refractivity contribution in [2.45, 2.75) is 26.4 Å². The predicted molar refractivity (Wildman–Crippen MR) is 74.0 cm³/mol. The number of nitriles is 1. The SMILES string of the molecule is COCCN(CCC#N)S(=O)(=O)N1C[C@H](O)C(C)(C)C1. The number of ether oxygens (including phenoxy) is 1. The van der Waals surface area contributed by atoms with E-state index in [1.54, 1.807) is 0 Å². The highest BCUT2D eigenvalue weighted by molar-refractivity contribution is 7.86. The summed E-state index contributed by atoms with van der Waals surface area (Å²) in [5.74, 6) is 0. The summed E-state index contributed by atoms with van der Waals surface area (Å²) in [6.45, 7) is 4.63. The van der Waals surface area contributed by atoms with Crippen molar-refractivity contribution in [2.24, 2.45) is 5.41 Å². The van der Waals surface area contributed by atoms with Gasteiger partial charge in [0.05, 0.1) is 18.8 Å². The molecule has 1 N–H and O–H groups in total. The highest BCUT2D eigenvalue weighted by Gasteiger charge is 2.44. The van der Waals surface area contributed by atoms with Gasteiger partial charge in [0.15, 0.2) is 0 Å². The Kier molecular flexibility index (Phi) is 5.91. The maximum absolute atomic E-state index is 12.6. The zero-order chi connectivity index (χ0) is 15.4. The second-order valence-electron chi connectivity index (χ2n) is 5.60. The van der Waals surface area contributed by atoms with E-state index in [4.69, 9.17) is 10.00 Å². The zero-order valence-corrected chi connectivity index (χ0v) is 13.1. The molecule has 0 aliphatic carbocycles. The number of aliphatic hydroxyl groups excluding tert-OH is 1. The summed E-state index contributed by atoms with van der Waals surface area (Å²) >= 11 is 0. The van der Waals surface area contributed by atoms with Gasteiger partial charge in [0.25, 0.3) is 10.2 Å². The van der Waals surface area contributed by atoms with Crippen molar-refractivity contribution in [1.29, 1.82) is 5.26 Å². The van der Waals surface area contributed by atoms with Gasteiger partial charge in [-0.25, -0.2) is 0 Å². The van der Waals surface area contributed by atoms with Crippen LogP contribution in [0.1, 0.15) is 20.3 Å². The lowest BCUT2D eigenvalue weighted by Crippen LogP contribution is -2.45. The third-order valence-corrected chi connectivity index (χ3v) is 5.48. The molecule has 1 rings (SSSR count). The maximum atomic E-state index is 12.6. The van der Waals surface area contributed by atoms with Crippen LogP contribution in [0.5, 0.6) is 0 Å². The highest BCUT2D eigenvalue weighted by Crippen LogP contribution is 2.32. The molecule has 0 aromatic carbocycles. The molecule has 0 unspecified atom stereocenters. The number of methoxy groups -OCH3 is 1. The number of nitrogens with zero attached hydrogens (tertiary/aromatic N) is 3. The third kappa shape index (κ3) is 3.90. The summed E-state index contributed by atoms with van der Waals surface area (Å²) < 4.78 is 32.5. The Morgan fingerprint density at radius 1 is 1.50 bits per heavy atom. The number of aliphatic hydroxyl groups is 1. The van der Waals surface area contributed by atoms with Gasteiger partial charge in [-0.2, -0.15) is 22.3 Å². The van der Waals surface area contributed by atoms with Gasteiger partial charge in [0.2, 0.25) is 0 Å². The van der Waals surface area contributed by atoms with Crippen LogP contribution in [-0.4, -0.2) is 68.1 Å². The first kappa shape index (κ1) is 17.3. The Labute approximate surface area is 120 Å². The van der Waals surface area contributed by atoms with Gasteiger partial charge >= 0.3 is 0 Å². The van der Waals surface area contributed by atoms with E-state index in [9.17, 15) is 13.5 Å². The van der Waals surface area contributed by atoms with E-state index < -0.39 is 21.7 Å². The van der Waals surface area contributed by atoms with Crippen LogP contribution in [0.15, 0.2) is 0 Å². The van der Waals surface area contributed by atoms with Gasteiger partial charge in [-0.3, -0.25) is 0 Å². The Bertz CT molecular complexity index is 458. The first-order chi connectivity index (χ1) is 9.25. The second kappa shape index (κ2) is 6.83. The molecular formula is C12H23N3O4S. The summed E-state index contributed by atoms with van der Waals surface area (Å²) in [6, 6.07) is 1.95. The standard InChI is InChI=1S/C12H23N3O4S/c1-12(2)10-15(9-11(12)16)20(17,18)14(6-4-5-13)7-8-19-3/h11,16H,4,6-10H2,1-3H3/t11-/m0/s1. The molecule has 0 saturated carbocycles. The minimum absolute atomic E-state index is 0.0887. The molecule has 0 aromatic heterocycles. The molecule has 1 saturated heterocycles. The molecule has 1 aliphatic heterocycles. The van der Waals surface area contributed by atoms with Crippen LogP contribution in [0.3, 0.4) is 0 Å². The molecule has 0 amide bonds. The minimum Gasteiger partial charge on any atom is -0.391 e. The second-order valence-corrected chi connectivity index (χ2v) is 7.53. The van der Waals surface area contributed by atoms with Crippen LogP contribution in [0.2, 0.25) is 0 Å². The zero-order valence-electron chi connectivity index (χ0n) is 12.2. The van der Waals surface area contributed by atoms with Crippen molar-refractivity contribution < 1.29 is 18.3 Å². The number of rotatable bonds is 7. The first-order valence-corrected chi connectivity index (χ1v) is 7.94. The maximum Gasteiger partial charge on any atom is 0.282 e. The van der Waals surface area contributed by atoms with E-state index in [0.29, 0.717) is 0 Å². The van der Waals surface area contributed by atoms with Gasteiger partial charge < -0.3 is 9.84 Å². The normalized spacial score (nSPS) is 23.1. The molecule has 7 nitrogen and oxygen atoms in total. The largest absolute Gasteiger partial charge is 0.391 e. The molecule has 0 radical (unpaired) electrons. The Morgan fingerprint density at radius 2 is 2.15 bits per heavy atom. The Morgan fingerprint density at radius 3 is 2.60 bits per heavy atom. The van der Waals surface area contributed by atoms with Crippen LogP contribution < -0.4 is 0 Å². The summed E-state index contributed by atoms with van der Waals surface area (Å²) in [5, 5.41) is 18.6. The van der Waals surface area contributed by atoms with Gasteiger partial charge in [-0.05, 0) is 0 Å². The van der Waals surface area contributed by atoms with E-state index in [1.165, 1.54) is 15.7 Å². The van der Waals surface area contributed by atoms with Gasteiger partial charge in [-0.15, -0.1) is 0 Å². The average Bonchev–Trinajstić information content (AvgIpc) is 2.64. The fraction of sp³-hybridized carbons (Fsp3) is 0.917. The molecule has 1 aliphatic rings. The number of hydrogen-bond acceptors (Lipinski definition) is 5. The lowest BCUT2D eigenvalue weighted by molar-refractivity contribution is 0.0959. The van der Waals surface area contributed by atoms with Gasteiger partial charge in [0, 0.05) is 45.1 Å². The lowest BCUT2D eigenvalue weighted by atomic mass is 9.90. The van der Waals surface area contributed by atoms with Crippen molar-refractivity contribution in [2.75, 3.05) is 39.9 Å². The smallest absolute Gasteiger partial charge is 0.282 e. The first-order valence-electron chi connectivity index (χ1n) is 6.55. The molecule has 0 aromatic rings. The number of hydrogen-bond donors (Lipinski definition) is 1. The van der Waals surface area contributed by atoms with Crippen molar-refractivity contribution in [3.63, 3.8) is 0 Å². The molecule has 1 atom stereocenters. The van der Waals surface area contributed by atoms with E-state index in [-0.39, 0.29) is 39.2 Å². The van der Waals surface area contributed by atoms with Gasteiger partial charge in [0.1, 0.15) is 0 Å². The van der Waals surface area contributed by atoms with E-state index in [0.717, 1.165) is 0 Å². The molecule has 8 heteroatoms. The Hall–Kier alpha value is -0.720. The Balaban J connectivity index is 2.85. The van der Waals surface area contributed by atoms with Crippen LogP contribution in [0.25, 0.3) is 0 Å². The molecule has 1 heterocycles.